The van der Waals surface area contributed by atoms with Crippen molar-refractivity contribution >= 4 is 28.5 Å². The van der Waals surface area contributed by atoms with Gasteiger partial charge in [0.2, 0.25) is 0 Å². The Hall–Kier alpha value is -2.67. The molecular formula is C18H17N3O3S. The Bertz CT molecular complexity index is 834. The largest absolute Gasteiger partial charge is 0.286 e. The van der Waals surface area contributed by atoms with Gasteiger partial charge in [0.15, 0.2) is 5.17 Å². The number of benzene rings is 2. The summed E-state index contributed by atoms with van der Waals surface area (Å²) in [5, 5.41) is 11.4. The van der Waals surface area contributed by atoms with Gasteiger partial charge >= 0.3 is 0 Å². The maximum absolute atomic E-state index is 12.7. The van der Waals surface area contributed by atoms with Crippen molar-refractivity contribution in [2.24, 2.45) is 4.99 Å². The SMILES string of the molecule is Cc1ccccc1CSC1=NCCN1C(=O)c1ccc([N+](=O)[O-])cc1. The Kier molecular flexibility index (Phi) is 5.14. The highest BCUT2D eigenvalue weighted by Gasteiger charge is 2.25. The van der Waals surface area contributed by atoms with Gasteiger partial charge in [-0.3, -0.25) is 24.8 Å². The molecule has 0 N–H and O–H groups in total. The lowest BCUT2D eigenvalue weighted by atomic mass is 10.1. The average Bonchev–Trinajstić information content (AvgIpc) is 3.09. The summed E-state index contributed by atoms with van der Waals surface area (Å²) in [6.07, 6.45) is 0. The van der Waals surface area contributed by atoms with Crippen LogP contribution in [0.15, 0.2) is 53.5 Å². The van der Waals surface area contributed by atoms with E-state index >= 15 is 0 Å². The molecular weight excluding hydrogens is 338 g/mol. The van der Waals surface area contributed by atoms with E-state index in [9.17, 15) is 14.9 Å². The first-order valence-electron chi connectivity index (χ1n) is 7.84. The molecule has 0 unspecified atom stereocenters. The lowest BCUT2D eigenvalue weighted by Crippen LogP contribution is -2.32. The Morgan fingerprint density at radius 1 is 1.24 bits per heavy atom. The summed E-state index contributed by atoms with van der Waals surface area (Å²) in [5.74, 6) is 0.568. The molecule has 0 saturated heterocycles. The number of carbonyl (C=O) groups excluding carboxylic acids is 1. The van der Waals surface area contributed by atoms with E-state index in [1.807, 2.05) is 12.1 Å². The standard InChI is InChI=1S/C18H17N3O3S/c1-13-4-2-3-5-15(13)12-25-18-19-10-11-20(18)17(22)14-6-8-16(9-7-14)21(23)24/h2-9H,10-12H2,1H3. The van der Waals surface area contributed by atoms with E-state index in [2.05, 4.69) is 24.0 Å². The summed E-state index contributed by atoms with van der Waals surface area (Å²) in [5.41, 5.74) is 2.82. The molecule has 2 aromatic carbocycles. The third-order valence-electron chi connectivity index (χ3n) is 3.99. The molecule has 0 aliphatic carbocycles. The zero-order valence-electron chi connectivity index (χ0n) is 13.7. The highest BCUT2D eigenvalue weighted by atomic mass is 32.2. The normalized spacial score (nSPS) is 13.6. The Morgan fingerprint density at radius 3 is 2.64 bits per heavy atom. The van der Waals surface area contributed by atoms with Gasteiger partial charge in [-0.2, -0.15) is 0 Å². The number of hydrogen-bond acceptors (Lipinski definition) is 5. The maximum Gasteiger partial charge on any atom is 0.269 e. The van der Waals surface area contributed by atoms with Crippen molar-refractivity contribution in [1.29, 1.82) is 0 Å². The summed E-state index contributed by atoms with van der Waals surface area (Å²) in [7, 11) is 0. The number of thioether (sulfide) groups is 1. The second kappa shape index (κ2) is 7.48. The molecule has 7 heteroatoms. The number of non-ortho nitro benzene ring substituents is 1. The van der Waals surface area contributed by atoms with E-state index in [1.165, 1.54) is 47.2 Å². The van der Waals surface area contributed by atoms with E-state index in [1.54, 1.807) is 4.90 Å². The summed E-state index contributed by atoms with van der Waals surface area (Å²) >= 11 is 1.54. The van der Waals surface area contributed by atoms with Crippen molar-refractivity contribution in [3.8, 4) is 0 Å². The van der Waals surface area contributed by atoms with Gasteiger partial charge in [-0.05, 0) is 30.2 Å². The van der Waals surface area contributed by atoms with Gasteiger partial charge in [0, 0.05) is 30.0 Å². The van der Waals surface area contributed by atoms with E-state index in [0.29, 0.717) is 23.8 Å². The molecule has 1 aliphatic rings. The van der Waals surface area contributed by atoms with Gasteiger partial charge in [0.25, 0.3) is 11.6 Å². The summed E-state index contributed by atoms with van der Waals surface area (Å²) in [6.45, 7) is 3.17. The van der Waals surface area contributed by atoms with Crippen LogP contribution in [0.3, 0.4) is 0 Å². The lowest BCUT2D eigenvalue weighted by Gasteiger charge is -2.18. The van der Waals surface area contributed by atoms with Crippen molar-refractivity contribution in [3.63, 3.8) is 0 Å². The topological polar surface area (TPSA) is 75.8 Å². The molecule has 0 spiro atoms. The number of nitro groups is 1. The third-order valence-corrected chi connectivity index (χ3v) is 5.05. The molecule has 1 aliphatic heterocycles. The first-order valence-corrected chi connectivity index (χ1v) is 8.83. The quantitative estimate of drug-likeness (QED) is 0.620. The van der Waals surface area contributed by atoms with Crippen LogP contribution in [0.25, 0.3) is 0 Å². The van der Waals surface area contributed by atoms with Crippen LogP contribution in [0.2, 0.25) is 0 Å². The minimum Gasteiger partial charge on any atom is -0.286 e. The lowest BCUT2D eigenvalue weighted by molar-refractivity contribution is -0.384. The molecule has 0 atom stereocenters. The van der Waals surface area contributed by atoms with Crippen LogP contribution in [-0.2, 0) is 5.75 Å². The maximum atomic E-state index is 12.7. The minimum absolute atomic E-state index is 0.0270. The molecule has 128 valence electrons. The second-order valence-electron chi connectivity index (χ2n) is 5.64. The van der Waals surface area contributed by atoms with Gasteiger partial charge in [-0.15, -0.1) is 0 Å². The fraction of sp³-hybridized carbons (Fsp3) is 0.222. The summed E-state index contributed by atoms with van der Waals surface area (Å²) in [6, 6.07) is 13.8. The van der Waals surface area contributed by atoms with Crippen LogP contribution in [0.5, 0.6) is 0 Å². The molecule has 25 heavy (non-hydrogen) atoms. The van der Waals surface area contributed by atoms with E-state index in [4.69, 9.17) is 0 Å². The first kappa shape index (κ1) is 17.2. The van der Waals surface area contributed by atoms with Gasteiger partial charge in [0.05, 0.1) is 11.5 Å². The van der Waals surface area contributed by atoms with Crippen LogP contribution < -0.4 is 0 Å². The molecule has 1 heterocycles. The second-order valence-corrected chi connectivity index (χ2v) is 6.58. The van der Waals surface area contributed by atoms with Crippen molar-refractivity contribution in [2.45, 2.75) is 12.7 Å². The van der Waals surface area contributed by atoms with Crippen LogP contribution in [0, 0.1) is 17.0 Å². The van der Waals surface area contributed by atoms with E-state index in [0.717, 1.165) is 5.75 Å². The minimum atomic E-state index is -0.477. The average molecular weight is 355 g/mol. The number of amides is 1. The molecule has 1 amide bonds. The molecule has 0 bridgehead atoms. The number of hydrogen-bond donors (Lipinski definition) is 0. The number of carbonyl (C=O) groups is 1. The van der Waals surface area contributed by atoms with Gasteiger partial charge in [-0.1, -0.05) is 36.0 Å². The highest BCUT2D eigenvalue weighted by Crippen LogP contribution is 2.23. The monoisotopic (exact) mass is 355 g/mol. The fourth-order valence-electron chi connectivity index (χ4n) is 2.53. The van der Waals surface area contributed by atoms with Crippen molar-refractivity contribution < 1.29 is 9.72 Å². The number of aryl methyl sites for hydroxylation is 1. The molecule has 2 aromatic rings. The summed E-state index contributed by atoms with van der Waals surface area (Å²) < 4.78 is 0. The molecule has 3 rings (SSSR count). The Morgan fingerprint density at radius 2 is 1.96 bits per heavy atom. The highest BCUT2D eigenvalue weighted by molar-refractivity contribution is 8.13. The van der Waals surface area contributed by atoms with Crippen LogP contribution >= 0.6 is 11.8 Å². The fourth-order valence-corrected chi connectivity index (χ4v) is 3.66. The predicted molar refractivity (Wildman–Crippen MR) is 98.9 cm³/mol. The number of amidine groups is 1. The van der Waals surface area contributed by atoms with Crippen molar-refractivity contribution in [1.82, 2.24) is 4.90 Å². The van der Waals surface area contributed by atoms with Crippen molar-refractivity contribution in [2.75, 3.05) is 13.1 Å². The number of aliphatic imine (C=N–C) groups is 1. The van der Waals surface area contributed by atoms with Crippen LogP contribution in [-0.4, -0.2) is 34.0 Å². The predicted octanol–water partition coefficient (Wildman–Crippen LogP) is 3.65. The molecule has 0 fully saturated rings. The Labute approximate surface area is 149 Å². The van der Waals surface area contributed by atoms with Gasteiger partial charge in [-0.25, -0.2) is 0 Å². The van der Waals surface area contributed by atoms with E-state index < -0.39 is 4.92 Å². The number of nitro benzene ring substituents is 1. The van der Waals surface area contributed by atoms with Crippen LogP contribution in [0.1, 0.15) is 21.5 Å². The molecule has 0 saturated carbocycles. The molecule has 0 radical (unpaired) electrons. The number of nitrogens with zero attached hydrogens (tertiary/aromatic N) is 3. The van der Waals surface area contributed by atoms with Gasteiger partial charge < -0.3 is 0 Å². The summed E-state index contributed by atoms with van der Waals surface area (Å²) in [4.78, 5) is 29.0. The first-order chi connectivity index (χ1) is 12.1. The molecule has 6 nitrogen and oxygen atoms in total. The molecule has 0 aromatic heterocycles. The zero-order valence-corrected chi connectivity index (χ0v) is 14.5. The Balaban J connectivity index is 1.69. The zero-order chi connectivity index (χ0) is 17.8. The smallest absolute Gasteiger partial charge is 0.269 e. The van der Waals surface area contributed by atoms with E-state index in [-0.39, 0.29) is 11.6 Å². The number of rotatable bonds is 4. The van der Waals surface area contributed by atoms with Gasteiger partial charge in [0.1, 0.15) is 0 Å². The third kappa shape index (κ3) is 3.88. The van der Waals surface area contributed by atoms with Crippen molar-refractivity contribution in [3.05, 3.63) is 75.3 Å². The van der Waals surface area contributed by atoms with Crippen LogP contribution in [0.4, 0.5) is 5.69 Å².